The summed E-state index contributed by atoms with van der Waals surface area (Å²) < 4.78 is 21.4. The van der Waals surface area contributed by atoms with Crippen molar-refractivity contribution in [2.24, 2.45) is 4.99 Å². The van der Waals surface area contributed by atoms with Crippen LogP contribution in [0.5, 0.6) is 17.2 Å². The van der Waals surface area contributed by atoms with Crippen molar-refractivity contribution in [1.29, 1.82) is 0 Å². The van der Waals surface area contributed by atoms with Crippen LogP contribution in [0.1, 0.15) is 19.8 Å². The fraction of sp³-hybridized carbons (Fsp3) is 0.579. The van der Waals surface area contributed by atoms with E-state index in [0.717, 1.165) is 30.3 Å². The van der Waals surface area contributed by atoms with Gasteiger partial charge in [0.15, 0.2) is 17.5 Å². The van der Waals surface area contributed by atoms with E-state index in [1.54, 1.807) is 11.9 Å². The maximum absolute atomic E-state index is 11.8. The number of carbonyl (C=O) groups excluding carboxylic acids is 1. The van der Waals surface area contributed by atoms with Gasteiger partial charge >= 0.3 is 6.09 Å². The summed E-state index contributed by atoms with van der Waals surface area (Å²) in [6.45, 7) is 4.93. The number of likely N-dealkylation sites (tertiary alicyclic amines) is 1. The van der Waals surface area contributed by atoms with Gasteiger partial charge in [0.2, 0.25) is 6.79 Å². The Bertz CT molecular complexity index is 695. The van der Waals surface area contributed by atoms with Gasteiger partial charge in [0.25, 0.3) is 0 Å². The van der Waals surface area contributed by atoms with E-state index in [4.69, 9.17) is 18.9 Å². The summed E-state index contributed by atoms with van der Waals surface area (Å²) in [5.41, 5.74) is 0. The lowest BCUT2D eigenvalue weighted by Gasteiger charge is -2.32. The van der Waals surface area contributed by atoms with Crippen LogP contribution in [-0.4, -0.2) is 69.7 Å². The number of aliphatic imine (C=N–C) groups is 1. The first-order valence-corrected chi connectivity index (χ1v) is 9.61. The van der Waals surface area contributed by atoms with E-state index < -0.39 is 0 Å². The molecular formula is C19H29IN4O5. The van der Waals surface area contributed by atoms with Crippen LogP contribution in [0.2, 0.25) is 0 Å². The second-order valence-corrected chi connectivity index (χ2v) is 6.47. The topological polar surface area (TPSA) is 93.7 Å². The number of halogens is 1. The first kappa shape index (κ1) is 23.2. The number of benzene rings is 1. The van der Waals surface area contributed by atoms with Gasteiger partial charge in [-0.15, -0.1) is 24.0 Å². The number of nitrogens with zero attached hydrogens (tertiary/aromatic N) is 2. The molecule has 0 aliphatic carbocycles. The fourth-order valence-electron chi connectivity index (χ4n) is 3.11. The molecule has 2 heterocycles. The minimum absolute atomic E-state index is 0. The molecule has 1 fully saturated rings. The molecular weight excluding hydrogens is 491 g/mol. The normalized spacial score (nSPS) is 16.1. The molecule has 1 aromatic rings. The highest BCUT2D eigenvalue weighted by molar-refractivity contribution is 14.0. The molecule has 1 saturated heterocycles. The molecule has 3 rings (SSSR count). The van der Waals surface area contributed by atoms with E-state index in [2.05, 4.69) is 15.6 Å². The van der Waals surface area contributed by atoms with Gasteiger partial charge < -0.3 is 34.5 Å². The number of guanidine groups is 1. The first-order valence-electron chi connectivity index (χ1n) is 9.61. The Hall–Kier alpha value is -2.11. The summed E-state index contributed by atoms with van der Waals surface area (Å²) in [7, 11) is 1.74. The van der Waals surface area contributed by atoms with E-state index in [0.29, 0.717) is 38.6 Å². The highest BCUT2D eigenvalue weighted by Crippen LogP contribution is 2.34. The number of rotatable bonds is 6. The SMILES string of the molecule is CCOC(=O)N1CCC(NC(=NC)NCCOc2ccc3c(c2)OCO3)CC1.I. The zero-order valence-electron chi connectivity index (χ0n) is 16.8. The van der Waals surface area contributed by atoms with E-state index >= 15 is 0 Å². The van der Waals surface area contributed by atoms with Crippen molar-refractivity contribution in [3.05, 3.63) is 18.2 Å². The molecule has 2 aliphatic rings. The second-order valence-electron chi connectivity index (χ2n) is 6.47. The van der Waals surface area contributed by atoms with Gasteiger partial charge in [0.05, 0.1) is 13.2 Å². The zero-order valence-corrected chi connectivity index (χ0v) is 19.1. The molecule has 0 atom stereocenters. The van der Waals surface area contributed by atoms with Crippen LogP contribution in [0.25, 0.3) is 0 Å². The molecule has 2 aliphatic heterocycles. The van der Waals surface area contributed by atoms with Crippen molar-refractivity contribution in [2.45, 2.75) is 25.8 Å². The van der Waals surface area contributed by atoms with Crippen molar-refractivity contribution in [3.63, 3.8) is 0 Å². The third-order valence-corrected chi connectivity index (χ3v) is 4.59. The number of fused-ring (bicyclic) bond motifs is 1. The zero-order chi connectivity index (χ0) is 19.8. The van der Waals surface area contributed by atoms with Gasteiger partial charge in [-0.3, -0.25) is 4.99 Å². The molecule has 0 bridgehead atoms. The predicted octanol–water partition coefficient (Wildman–Crippen LogP) is 2.20. The van der Waals surface area contributed by atoms with Crippen LogP contribution in [0, 0.1) is 0 Å². The van der Waals surface area contributed by atoms with Crippen molar-refractivity contribution in [3.8, 4) is 17.2 Å². The fourth-order valence-corrected chi connectivity index (χ4v) is 3.11. The smallest absolute Gasteiger partial charge is 0.409 e. The molecule has 1 amide bonds. The van der Waals surface area contributed by atoms with Crippen LogP contribution in [0.4, 0.5) is 4.79 Å². The predicted molar refractivity (Wildman–Crippen MR) is 120 cm³/mol. The molecule has 162 valence electrons. The first-order chi connectivity index (χ1) is 13.7. The number of piperidine rings is 1. The Morgan fingerprint density at radius 3 is 2.76 bits per heavy atom. The van der Waals surface area contributed by atoms with E-state index in [1.807, 2.05) is 25.1 Å². The maximum atomic E-state index is 11.8. The number of amides is 1. The average Bonchev–Trinajstić information content (AvgIpc) is 3.19. The molecule has 0 radical (unpaired) electrons. The quantitative estimate of drug-likeness (QED) is 0.257. The average molecular weight is 520 g/mol. The summed E-state index contributed by atoms with van der Waals surface area (Å²) in [4.78, 5) is 17.8. The summed E-state index contributed by atoms with van der Waals surface area (Å²) >= 11 is 0. The Balaban J connectivity index is 0.00000300. The summed E-state index contributed by atoms with van der Waals surface area (Å²) in [5.74, 6) is 2.91. The Labute approximate surface area is 188 Å². The molecule has 2 N–H and O–H groups in total. The second kappa shape index (κ2) is 11.8. The van der Waals surface area contributed by atoms with Crippen LogP contribution in [0.3, 0.4) is 0 Å². The van der Waals surface area contributed by atoms with E-state index in [1.165, 1.54) is 0 Å². The lowest BCUT2D eigenvalue weighted by Crippen LogP contribution is -2.50. The molecule has 0 saturated carbocycles. The molecule has 0 spiro atoms. The molecule has 29 heavy (non-hydrogen) atoms. The largest absolute Gasteiger partial charge is 0.492 e. The van der Waals surface area contributed by atoms with Crippen molar-refractivity contribution < 1.29 is 23.7 Å². The Morgan fingerprint density at radius 1 is 1.28 bits per heavy atom. The van der Waals surface area contributed by atoms with Crippen LogP contribution in [-0.2, 0) is 4.74 Å². The van der Waals surface area contributed by atoms with Crippen molar-refractivity contribution >= 4 is 36.0 Å². The monoisotopic (exact) mass is 520 g/mol. The summed E-state index contributed by atoms with van der Waals surface area (Å²) in [6.07, 6.45) is 1.48. The highest BCUT2D eigenvalue weighted by atomic mass is 127. The van der Waals surface area contributed by atoms with E-state index in [9.17, 15) is 4.79 Å². The molecule has 0 aromatic heterocycles. The lowest BCUT2D eigenvalue weighted by atomic mass is 10.1. The molecule has 0 unspecified atom stereocenters. The van der Waals surface area contributed by atoms with Crippen LogP contribution in [0.15, 0.2) is 23.2 Å². The van der Waals surface area contributed by atoms with Gasteiger partial charge in [-0.1, -0.05) is 0 Å². The minimum Gasteiger partial charge on any atom is -0.492 e. The number of hydrogen-bond acceptors (Lipinski definition) is 6. The number of hydrogen-bond donors (Lipinski definition) is 2. The summed E-state index contributed by atoms with van der Waals surface area (Å²) in [5, 5.41) is 6.64. The molecule has 9 nitrogen and oxygen atoms in total. The van der Waals surface area contributed by atoms with Gasteiger partial charge in [-0.05, 0) is 31.9 Å². The maximum Gasteiger partial charge on any atom is 0.409 e. The van der Waals surface area contributed by atoms with Crippen LogP contribution >= 0.6 is 24.0 Å². The third-order valence-electron chi connectivity index (χ3n) is 4.59. The standard InChI is InChI=1S/C19H28N4O5.HI/c1-3-25-19(24)23-9-6-14(7-10-23)22-18(20-2)21-8-11-26-15-4-5-16-17(12-15)28-13-27-16;/h4-5,12,14H,3,6-11,13H2,1-2H3,(H2,20,21,22);1H. The summed E-state index contributed by atoms with van der Waals surface area (Å²) in [6, 6.07) is 5.80. The lowest BCUT2D eigenvalue weighted by molar-refractivity contribution is 0.0963. The number of carbonyl (C=O) groups is 1. The highest BCUT2D eigenvalue weighted by Gasteiger charge is 2.24. The minimum atomic E-state index is -0.232. The van der Waals surface area contributed by atoms with Crippen LogP contribution < -0.4 is 24.8 Å². The van der Waals surface area contributed by atoms with Gasteiger partial charge in [-0.2, -0.15) is 0 Å². The van der Waals surface area contributed by atoms with Gasteiger partial charge in [0, 0.05) is 32.2 Å². The van der Waals surface area contributed by atoms with E-state index in [-0.39, 0.29) is 42.9 Å². The number of nitrogens with one attached hydrogen (secondary N) is 2. The van der Waals surface area contributed by atoms with Gasteiger partial charge in [-0.25, -0.2) is 4.79 Å². The molecule has 10 heteroatoms. The Morgan fingerprint density at radius 2 is 2.03 bits per heavy atom. The number of ether oxygens (including phenoxy) is 4. The van der Waals surface area contributed by atoms with Crippen molar-refractivity contribution in [1.82, 2.24) is 15.5 Å². The third kappa shape index (κ3) is 6.72. The molecule has 1 aromatic carbocycles. The van der Waals surface area contributed by atoms with Gasteiger partial charge in [0.1, 0.15) is 12.4 Å². The Kier molecular flexibility index (Phi) is 9.42. The van der Waals surface area contributed by atoms with Crippen molar-refractivity contribution in [2.75, 3.05) is 46.7 Å².